The molecule has 0 unspecified atom stereocenters. The second kappa shape index (κ2) is 8.17. The maximum absolute atomic E-state index is 12.2. The molecule has 1 amide bonds. The van der Waals surface area contributed by atoms with Crippen LogP contribution in [0, 0.1) is 34.0 Å². The number of nitriles is 3. The Labute approximate surface area is 149 Å². The van der Waals surface area contributed by atoms with Gasteiger partial charge in [-0.15, -0.1) is 0 Å². The molecule has 7 heteroatoms. The van der Waals surface area contributed by atoms with Crippen LogP contribution < -0.4 is 10.6 Å². The summed E-state index contributed by atoms with van der Waals surface area (Å²) >= 11 is 5.98. The molecule has 2 N–H and O–H groups in total. The minimum atomic E-state index is -0.347. The highest BCUT2D eigenvalue weighted by Crippen LogP contribution is 2.19. The van der Waals surface area contributed by atoms with Gasteiger partial charge in [-0.25, -0.2) is 0 Å². The molecule has 0 aliphatic heterocycles. The molecule has 0 aromatic heterocycles. The van der Waals surface area contributed by atoms with Crippen LogP contribution in [0.15, 0.2) is 59.8 Å². The van der Waals surface area contributed by atoms with Crippen molar-refractivity contribution in [2.24, 2.45) is 0 Å². The first kappa shape index (κ1) is 17.6. The van der Waals surface area contributed by atoms with E-state index in [1.54, 1.807) is 66.7 Å². The first-order valence-electron chi connectivity index (χ1n) is 6.96. The highest BCUT2D eigenvalue weighted by atomic mass is 35.5. The summed E-state index contributed by atoms with van der Waals surface area (Å²) in [5, 5.41) is 32.3. The molecular weight excluding hydrogens is 338 g/mol. The SMILES string of the molecule is N#CC(C#N)=C(C#N)Nc1ccc(NC(=O)c2ccccc2Cl)cc1. The Bertz CT molecular complexity index is 943. The third-order valence-corrected chi connectivity index (χ3v) is 3.45. The number of benzene rings is 2. The number of nitrogens with one attached hydrogen (secondary N) is 2. The van der Waals surface area contributed by atoms with Gasteiger partial charge in [0.15, 0.2) is 5.57 Å². The van der Waals surface area contributed by atoms with Gasteiger partial charge in [-0.05, 0) is 36.4 Å². The molecule has 2 aromatic rings. The topological polar surface area (TPSA) is 112 Å². The molecule has 25 heavy (non-hydrogen) atoms. The van der Waals surface area contributed by atoms with Crippen molar-refractivity contribution in [3.63, 3.8) is 0 Å². The number of hydrogen-bond acceptors (Lipinski definition) is 5. The summed E-state index contributed by atoms with van der Waals surface area (Å²) in [5.74, 6) is -0.347. The minimum Gasteiger partial charge on any atom is -0.345 e. The van der Waals surface area contributed by atoms with E-state index in [2.05, 4.69) is 10.6 Å². The highest BCUT2D eigenvalue weighted by Gasteiger charge is 2.10. The molecule has 0 radical (unpaired) electrons. The predicted octanol–water partition coefficient (Wildman–Crippen LogP) is 3.83. The quantitative estimate of drug-likeness (QED) is 0.816. The molecule has 6 nitrogen and oxygen atoms in total. The van der Waals surface area contributed by atoms with E-state index in [1.807, 2.05) is 0 Å². The molecule has 0 bridgehead atoms. The molecule has 0 atom stereocenters. The second-order valence-electron chi connectivity index (χ2n) is 4.72. The Hall–Kier alpha value is -3.79. The Morgan fingerprint density at radius 2 is 1.40 bits per heavy atom. The number of nitrogens with zero attached hydrogens (tertiary/aromatic N) is 3. The summed E-state index contributed by atoms with van der Waals surface area (Å²) in [6.07, 6.45) is 0. The van der Waals surface area contributed by atoms with Crippen molar-refractivity contribution in [3.05, 3.63) is 70.4 Å². The first-order valence-corrected chi connectivity index (χ1v) is 7.34. The molecule has 0 fully saturated rings. The summed E-state index contributed by atoms with van der Waals surface area (Å²) in [5.41, 5.74) is 0.930. The van der Waals surface area contributed by atoms with Crippen molar-refractivity contribution in [3.8, 4) is 18.2 Å². The van der Waals surface area contributed by atoms with Gasteiger partial charge >= 0.3 is 0 Å². The lowest BCUT2D eigenvalue weighted by Gasteiger charge is -2.08. The van der Waals surface area contributed by atoms with Crippen LogP contribution in [0.1, 0.15) is 10.4 Å². The zero-order valence-electron chi connectivity index (χ0n) is 12.7. The minimum absolute atomic E-state index is 0.141. The number of amides is 1. The third kappa shape index (κ3) is 4.36. The molecular formula is C18H10ClN5O. The highest BCUT2D eigenvalue weighted by molar-refractivity contribution is 6.34. The van der Waals surface area contributed by atoms with E-state index in [4.69, 9.17) is 27.4 Å². The normalized spacial score (nSPS) is 9.04. The Morgan fingerprint density at radius 3 is 1.92 bits per heavy atom. The van der Waals surface area contributed by atoms with Gasteiger partial charge in [0.2, 0.25) is 0 Å². The number of rotatable bonds is 4. The van der Waals surface area contributed by atoms with Crippen LogP contribution in [0.2, 0.25) is 5.02 Å². The van der Waals surface area contributed by atoms with E-state index in [0.717, 1.165) is 0 Å². The van der Waals surface area contributed by atoms with E-state index in [1.165, 1.54) is 0 Å². The van der Waals surface area contributed by atoms with Gasteiger partial charge < -0.3 is 10.6 Å². The lowest BCUT2D eigenvalue weighted by molar-refractivity contribution is 0.102. The van der Waals surface area contributed by atoms with Crippen molar-refractivity contribution < 1.29 is 4.79 Å². The molecule has 0 spiro atoms. The monoisotopic (exact) mass is 347 g/mol. The van der Waals surface area contributed by atoms with Gasteiger partial charge in [0, 0.05) is 11.4 Å². The molecule has 2 rings (SSSR count). The van der Waals surface area contributed by atoms with Gasteiger partial charge in [-0.1, -0.05) is 23.7 Å². The number of allylic oxidation sites excluding steroid dienone is 2. The summed E-state index contributed by atoms with van der Waals surface area (Å²) in [4.78, 5) is 12.2. The number of anilines is 2. The summed E-state index contributed by atoms with van der Waals surface area (Å²) in [7, 11) is 0. The van der Waals surface area contributed by atoms with Crippen LogP contribution >= 0.6 is 11.6 Å². The average Bonchev–Trinajstić information content (AvgIpc) is 2.63. The Kier molecular flexibility index (Phi) is 5.74. The van der Waals surface area contributed by atoms with Crippen molar-refractivity contribution in [2.75, 3.05) is 10.6 Å². The number of hydrogen-bond donors (Lipinski definition) is 2. The fourth-order valence-electron chi connectivity index (χ4n) is 1.91. The first-order chi connectivity index (χ1) is 12.1. The Balaban J connectivity index is 2.14. The molecule has 0 aliphatic rings. The fourth-order valence-corrected chi connectivity index (χ4v) is 2.13. The molecule has 2 aromatic carbocycles. The number of carbonyl (C=O) groups is 1. The van der Waals surface area contributed by atoms with E-state index in [0.29, 0.717) is 22.0 Å². The lowest BCUT2D eigenvalue weighted by Crippen LogP contribution is -2.12. The third-order valence-electron chi connectivity index (χ3n) is 3.12. The van der Waals surface area contributed by atoms with E-state index >= 15 is 0 Å². The molecule has 120 valence electrons. The smallest absolute Gasteiger partial charge is 0.257 e. The maximum atomic E-state index is 12.2. The van der Waals surface area contributed by atoms with E-state index in [-0.39, 0.29) is 17.2 Å². The number of carbonyl (C=O) groups excluding carboxylic acids is 1. The van der Waals surface area contributed by atoms with Crippen molar-refractivity contribution in [1.82, 2.24) is 0 Å². The van der Waals surface area contributed by atoms with Crippen molar-refractivity contribution in [1.29, 1.82) is 15.8 Å². The van der Waals surface area contributed by atoms with Crippen LogP contribution in [0.25, 0.3) is 0 Å². The Morgan fingerprint density at radius 1 is 0.840 bits per heavy atom. The van der Waals surface area contributed by atoms with Crippen LogP contribution in [0.3, 0.4) is 0 Å². The van der Waals surface area contributed by atoms with Gasteiger partial charge in [0.25, 0.3) is 5.91 Å². The van der Waals surface area contributed by atoms with Crippen LogP contribution in [0.4, 0.5) is 11.4 Å². The predicted molar refractivity (Wildman–Crippen MR) is 93.3 cm³/mol. The zero-order chi connectivity index (χ0) is 18.2. The van der Waals surface area contributed by atoms with Crippen molar-refractivity contribution >= 4 is 28.9 Å². The van der Waals surface area contributed by atoms with Crippen LogP contribution in [0.5, 0.6) is 0 Å². The molecule has 0 saturated carbocycles. The molecule has 0 saturated heterocycles. The average molecular weight is 348 g/mol. The van der Waals surface area contributed by atoms with E-state index < -0.39 is 0 Å². The largest absolute Gasteiger partial charge is 0.345 e. The van der Waals surface area contributed by atoms with E-state index in [9.17, 15) is 4.79 Å². The molecule has 0 heterocycles. The maximum Gasteiger partial charge on any atom is 0.257 e. The van der Waals surface area contributed by atoms with Gasteiger partial charge in [-0.3, -0.25) is 4.79 Å². The van der Waals surface area contributed by atoms with Crippen molar-refractivity contribution in [2.45, 2.75) is 0 Å². The summed E-state index contributed by atoms with van der Waals surface area (Å²) < 4.78 is 0. The van der Waals surface area contributed by atoms with Crippen LogP contribution in [-0.4, -0.2) is 5.91 Å². The second-order valence-corrected chi connectivity index (χ2v) is 5.13. The standard InChI is InChI=1S/C18H10ClN5O/c19-16-4-2-1-3-15(16)18(25)24-14-7-5-13(6-8-14)23-17(11-22)12(9-20)10-21/h1-8,23H,(H,24,25). The van der Waals surface area contributed by atoms with Gasteiger partial charge in [-0.2, -0.15) is 15.8 Å². The zero-order valence-corrected chi connectivity index (χ0v) is 13.5. The summed E-state index contributed by atoms with van der Waals surface area (Å²) in [6.45, 7) is 0. The molecule has 0 aliphatic carbocycles. The van der Waals surface area contributed by atoms with Crippen LogP contribution in [-0.2, 0) is 0 Å². The number of halogens is 1. The fraction of sp³-hybridized carbons (Fsp3) is 0. The lowest BCUT2D eigenvalue weighted by atomic mass is 10.2. The summed E-state index contributed by atoms with van der Waals surface area (Å²) in [6, 6.07) is 18.2. The van der Waals surface area contributed by atoms with Gasteiger partial charge in [0.05, 0.1) is 10.6 Å². The van der Waals surface area contributed by atoms with Gasteiger partial charge in [0.1, 0.15) is 23.9 Å².